The molecule has 0 aliphatic heterocycles. The van der Waals surface area contributed by atoms with Crippen LogP contribution in [-0.2, 0) is 25.5 Å². The number of aromatic hydroxyl groups is 1. The summed E-state index contributed by atoms with van der Waals surface area (Å²) in [4.78, 5) is 11.3. The first kappa shape index (κ1) is 20.5. The second-order valence-electron chi connectivity index (χ2n) is 8.15. The smallest absolute Gasteiger partial charge is 0.322 e. The minimum absolute atomic E-state index is 0.0196. The average molecular weight is 356 g/mol. The molecule has 1 rings (SSSR count). The summed E-state index contributed by atoms with van der Waals surface area (Å²) in [7, 11) is -4.04. The third-order valence-corrected chi connectivity index (χ3v) is 6.23. The minimum Gasteiger partial charge on any atom is -0.507 e. The zero-order chi connectivity index (χ0) is 19.1. The summed E-state index contributed by atoms with van der Waals surface area (Å²) in [5, 5.41) is 18.4. The number of aliphatic carboxylic acids is 1. The Morgan fingerprint density at radius 1 is 1.04 bits per heavy atom. The Bertz CT molecular complexity index is 699. The first-order valence-corrected chi connectivity index (χ1v) is 9.53. The largest absolute Gasteiger partial charge is 0.507 e. The SMILES string of the molecule is CCC(C(=O)O)S(=O)(=O)c1cc(C(C)(C)C)c(O)c(C(C)(C)C)c1. The van der Waals surface area contributed by atoms with Gasteiger partial charge in [-0.2, -0.15) is 0 Å². The normalized spacial score (nSPS) is 14.5. The fraction of sp³-hybridized carbons (Fsp3) is 0.611. The maximum atomic E-state index is 12.8. The number of phenols is 1. The lowest BCUT2D eigenvalue weighted by molar-refractivity contribution is -0.136. The van der Waals surface area contributed by atoms with Crippen molar-refractivity contribution in [3.8, 4) is 5.75 Å². The third-order valence-electron chi connectivity index (χ3n) is 4.05. The van der Waals surface area contributed by atoms with Gasteiger partial charge in [-0.05, 0) is 29.4 Å². The van der Waals surface area contributed by atoms with E-state index in [0.717, 1.165) is 0 Å². The highest BCUT2D eigenvalue weighted by molar-refractivity contribution is 7.92. The molecular formula is C18H28O5S. The van der Waals surface area contributed by atoms with Crippen molar-refractivity contribution in [3.63, 3.8) is 0 Å². The van der Waals surface area contributed by atoms with Gasteiger partial charge < -0.3 is 10.2 Å². The summed E-state index contributed by atoms with van der Waals surface area (Å²) in [6.07, 6.45) is -0.0196. The lowest BCUT2D eigenvalue weighted by atomic mass is 9.79. The highest BCUT2D eigenvalue weighted by atomic mass is 32.2. The van der Waals surface area contributed by atoms with E-state index in [2.05, 4.69) is 0 Å². The molecule has 0 amide bonds. The molecule has 1 aromatic carbocycles. The van der Waals surface area contributed by atoms with Gasteiger partial charge >= 0.3 is 5.97 Å². The molecule has 0 aromatic heterocycles. The van der Waals surface area contributed by atoms with Crippen LogP contribution in [-0.4, -0.2) is 29.9 Å². The van der Waals surface area contributed by atoms with Crippen LogP contribution in [0.25, 0.3) is 0 Å². The molecule has 0 saturated carbocycles. The molecule has 0 heterocycles. The van der Waals surface area contributed by atoms with Crippen LogP contribution in [0.2, 0.25) is 0 Å². The molecule has 24 heavy (non-hydrogen) atoms. The topological polar surface area (TPSA) is 91.7 Å². The second-order valence-corrected chi connectivity index (χ2v) is 10.3. The Labute approximate surface area is 144 Å². The highest BCUT2D eigenvalue weighted by Gasteiger charge is 2.35. The van der Waals surface area contributed by atoms with E-state index in [1.54, 1.807) is 0 Å². The Balaban J connectivity index is 3.82. The van der Waals surface area contributed by atoms with E-state index < -0.39 is 31.9 Å². The number of carboxylic acid groups (broad SMARTS) is 1. The van der Waals surface area contributed by atoms with Gasteiger partial charge in [0.05, 0.1) is 4.90 Å². The van der Waals surface area contributed by atoms with E-state index in [4.69, 9.17) is 0 Å². The molecule has 6 heteroatoms. The van der Waals surface area contributed by atoms with Crippen LogP contribution in [0.5, 0.6) is 5.75 Å². The van der Waals surface area contributed by atoms with Crippen LogP contribution < -0.4 is 0 Å². The number of sulfone groups is 1. The summed E-state index contributed by atoms with van der Waals surface area (Å²) in [5.41, 5.74) is 0.0173. The van der Waals surface area contributed by atoms with Gasteiger partial charge in [-0.1, -0.05) is 48.5 Å². The van der Waals surface area contributed by atoms with Crippen molar-refractivity contribution < 1.29 is 23.4 Å². The van der Waals surface area contributed by atoms with Gasteiger partial charge in [0.2, 0.25) is 0 Å². The molecule has 0 aliphatic carbocycles. The third kappa shape index (κ3) is 3.91. The second kappa shape index (κ2) is 6.39. The number of hydrogen-bond donors (Lipinski definition) is 2. The van der Waals surface area contributed by atoms with E-state index >= 15 is 0 Å². The molecule has 0 saturated heterocycles. The zero-order valence-electron chi connectivity index (χ0n) is 15.5. The lowest BCUT2D eigenvalue weighted by Crippen LogP contribution is -2.30. The van der Waals surface area contributed by atoms with Gasteiger partial charge in [-0.25, -0.2) is 8.42 Å². The van der Waals surface area contributed by atoms with Gasteiger partial charge in [-0.15, -0.1) is 0 Å². The molecule has 1 atom stereocenters. The molecule has 0 spiro atoms. The van der Waals surface area contributed by atoms with Crippen molar-refractivity contribution >= 4 is 15.8 Å². The molecule has 0 bridgehead atoms. The predicted molar refractivity (Wildman–Crippen MR) is 94.4 cm³/mol. The molecule has 1 unspecified atom stereocenters. The van der Waals surface area contributed by atoms with Crippen molar-refractivity contribution in [3.05, 3.63) is 23.3 Å². The summed E-state index contributed by atoms with van der Waals surface area (Å²) in [6.45, 7) is 12.8. The van der Waals surface area contributed by atoms with Crippen molar-refractivity contribution in [2.75, 3.05) is 0 Å². The van der Waals surface area contributed by atoms with Crippen LogP contribution >= 0.6 is 0 Å². The van der Waals surface area contributed by atoms with Crippen LogP contribution in [0.1, 0.15) is 66.0 Å². The van der Waals surface area contributed by atoms with Gasteiger partial charge in [-0.3, -0.25) is 4.79 Å². The molecule has 5 nitrogen and oxygen atoms in total. The van der Waals surface area contributed by atoms with E-state index in [1.165, 1.54) is 19.1 Å². The quantitative estimate of drug-likeness (QED) is 0.859. The summed E-state index contributed by atoms with van der Waals surface area (Å²) in [6, 6.07) is 2.82. The molecule has 0 fully saturated rings. The Morgan fingerprint density at radius 3 is 1.67 bits per heavy atom. The van der Waals surface area contributed by atoms with E-state index in [-0.39, 0.29) is 17.1 Å². The predicted octanol–water partition coefficient (Wildman–Crippen LogP) is 3.62. The van der Waals surface area contributed by atoms with Crippen LogP contribution in [0.15, 0.2) is 17.0 Å². The van der Waals surface area contributed by atoms with Gasteiger partial charge in [0, 0.05) is 11.1 Å². The monoisotopic (exact) mass is 356 g/mol. The maximum absolute atomic E-state index is 12.8. The van der Waals surface area contributed by atoms with Gasteiger partial charge in [0.25, 0.3) is 0 Å². The van der Waals surface area contributed by atoms with E-state index in [1.807, 2.05) is 41.5 Å². The highest BCUT2D eigenvalue weighted by Crippen LogP contribution is 2.41. The number of carboxylic acids is 1. The van der Waals surface area contributed by atoms with Crippen LogP contribution in [0.3, 0.4) is 0 Å². The Kier molecular flexibility index (Phi) is 5.45. The summed E-state index contributed by atoms with van der Waals surface area (Å²) >= 11 is 0. The fourth-order valence-corrected chi connectivity index (χ4v) is 4.20. The molecule has 136 valence electrons. The molecule has 0 radical (unpaired) electrons. The summed E-state index contributed by atoms with van der Waals surface area (Å²) in [5.74, 6) is -1.29. The molecule has 0 aliphatic rings. The van der Waals surface area contributed by atoms with Crippen molar-refractivity contribution in [1.29, 1.82) is 0 Å². The van der Waals surface area contributed by atoms with Crippen LogP contribution in [0, 0.1) is 0 Å². The van der Waals surface area contributed by atoms with Crippen molar-refractivity contribution in [2.45, 2.75) is 75.9 Å². The van der Waals surface area contributed by atoms with Crippen LogP contribution in [0.4, 0.5) is 0 Å². The number of benzene rings is 1. The summed E-state index contributed by atoms with van der Waals surface area (Å²) < 4.78 is 25.6. The zero-order valence-corrected chi connectivity index (χ0v) is 16.3. The van der Waals surface area contributed by atoms with Crippen molar-refractivity contribution in [1.82, 2.24) is 0 Å². The molecular weight excluding hydrogens is 328 g/mol. The number of rotatable bonds is 4. The molecule has 2 N–H and O–H groups in total. The van der Waals surface area contributed by atoms with E-state index in [9.17, 15) is 23.4 Å². The Morgan fingerprint density at radius 2 is 1.42 bits per heavy atom. The number of hydrogen-bond acceptors (Lipinski definition) is 4. The van der Waals surface area contributed by atoms with Crippen molar-refractivity contribution in [2.24, 2.45) is 0 Å². The Hall–Kier alpha value is -1.56. The minimum atomic E-state index is -4.04. The number of phenolic OH excluding ortho intramolecular Hbond substituents is 1. The first-order chi connectivity index (χ1) is 10.6. The van der Waals surface area contributed by atoms with Gasteiger partial charge in [0.1, 0.15) is 5.75 Å². The van der Waals surface area contributed by atoms with E-state index in [0.29, 0.717) is 11.1 Å². The average Bonchev–Trinajstić information content (AvgIpc) is 2.35. The maximum Gasteiger partial charge on any atom is 0.322 e. The first-order valence-electron chi connectivity index (χ1n) is 7.98. The fourth-order valence-electron chi connectivity index (χ4n) is 2.61. The van der Waals surface area contributed by atoms with Gasteiger partial charge in [0.15, 0.2) is 15.1 Å². The lowest BCUT2D eigenvalue weighted by Gasteiger charge is -2.28. The number of carbonyl (C=O) groups is 1. The molecule has 1 aromatic rings. The standard InChI is InChI=1S/C18H28O5S/c1-8-14(16(20)21)24(22,23)11-9-12(17(2,3)4)15(19)13(10-11)18(5,6)7/h9-10,14,19H,8H2,1-7H3,(H,20,21).